The molecule has 2 aliphatic heterocycles. The van der Waals surface area contributed by atoms with Crippen LogP contribution in [-0.4, -0.2) is 48.4 Å². The standard InChI is InChI=1S/C29H56N2O/c1-5-8-10-12-17-27(18-13-11-9-6-2)28(32)31-22-19-29(20-23-31)24-30(25-29)21-14-16-26(4)15-7-3/h26-27H,5-25H2,1-4H3. The fourth-order valence-corrected chi connectivity index (χ4v) is 6.16. The molecule has 0 radical (unpaired) electrons. The topological polar surface area (TPSA) is 23.6 Å². The summed E-state index contributed by atoms with van der Waals surface area (Å²) in [6, 6.07) is 0. The number of hydrogen-bond donors (Lipinski definition) is 0. The molecule has 1 unspecified atom stereocenters. The number of hydrogen-bond acceptors (Lipinski definition) is 2. The molecular weight excluding hydrogens is 392 g/mol. The highest BCUT2D eigenvalue weighted by atomic mass is 16.2. The van der Waals surface area contributed by atoms with Crippen molar-refractivity contribution in [2.24, 2.45) is 17.3 Å². The van der Waals surface area contributed by atoms with Crippen LogP contribution in [0.1, 0.15) is 130 Å². The van der Waals surface area contributed by atoms with Gasteiger partial charge in [0.15, 0.2) is 0 Å². The molecule has 0 aromatic carbocycles. The highest BCUT2D eigenvalue weighted by molar-refractivity contribution is 5.79. The van der Waals surface area contributed by atoms with E-state index >= 15 is 0 Å². The number of amides is 1. The second kappa shape index (κ2) is 15.4. The molecule has 0 saturated carbocycles. The van der Waals surface area contributed by atoms with Crippen LogP contribution < -0.4 is 0 Å². The van der Waals surface area contributed by atoms with Crippen LogP contribution in [0.3, 0.4) is 0 Å². The molecule has 2 rings (SSSR count). The number of unbranched alkanes of at least 4 members (excludes halogenated alkanes) is 6. The van der Waals surface area contributed by atoms with Crippen molar-refractivity contribution in [2.45, 2.75) is 130 Å². The van der Waals surface area contributed by atoms with Gasteiger partial charge in [0, 0.05) is 32.1 Å². The summed E-state index contributed by atoms with van der Waals surface area (Å²) in [5, 5.41) is 0. The number of likely N-dealkylation sites (tertiary alicyclic amines) is 2. The van der Waals surface area contributed by atoms with Crippen molar-refractivity contribution in [1.82, 2.24) is 9.80 Å². The van der Waals surface area contributed by atoms with Crippen molar-refractivity contribution in [1.29, 1.82) is 0 Å². The number of carbonyl (C=O) groups excluding carboxylic acids is 1. The number of carbonyl (C=O) groups is 1. The lowest BCUT2D eigenvalue weighted by molar-refractivity contribution is -0.141. The Labute approximate surface area is 201 Å². The van der Waals surface area contributed by atoms with Crippen LogP contribution in [0, 0.1) is 17.3 Å². The van der Waals surface area contributed by atoms with Crippen LogP contribution in [0.4, 0.5) is 0 Å². The van der Waals surface area contributed by atoms with E-state index in [-0.39, 0.29) is 0 Å². The van der Waals surface area contributed by atoms with Gasteiger partial charge in [-0.15, -0.1) is 0 Å². The number of piperidine rings is 1. The lowest BCUT2D eigenvalue weighted by Crippen LogP contribution is -2.61. The molecule has 2 fully saturated rings. The fraction of sp³-hybridized carbons (Fsp3) is 0.966. The van der Waals surface area contributed by atoms with E-state index in [4.69, 9.17) is 0 Å². The van der Waals surface area contributed by atoms with Gasteiger partial charge in [0.05, 0.1) is 0 Å². The van der Waals surface area contributed by atoms with Crippen LogP contribution in [-0.2, 0) is 4.79 Å². The van der Waals surface area contributed by atoms with E-state index in [1.165, 1.54) is 110 Å². The van der Waals surface area contributed by atoms with Crippen molar-refractivity contribution in [3.63, 3.8) is 0 Å². The highest BCUT2D eigenvalue weighted by Gasteiger charge is 2.45. The summed E-state index contributed by atoms with van der Waals surface area (Å²) >= 11 is 0. The minimum absolute atomic E-state index is 0.292. The van der Waals surface area contributed by atoms with Gasteiger partial charge in [-0.1, -0.05) is 91.9 Å². The first-order valence-corrected chi connectivity index (χ1v) is 14.5. The smallest absolute Gasteiger partial charge is 0.225 e. The maximum Gasteiger partial charge on any atom is 0.225 e. The minimum Gasteiger partial charge on any atom is -0.342 e. The molecule has 0 N–H and O–H groups in total. The van der Waals surface area contributed by atoms with Crippen LogP contribution in [0.2, 0.25) is 0 Å². The molecular formula is C29H56N2O. The molecule has 3 heteroatoms. The molecule has 0 bridgehead atoms. The minimum atomic E-state index is 0.292. The summed E-state index contributed by atoms with van der Waals surface area (Å²) in [5.41, 5.74) is 0.531. The Hall–Kier alpha value is -0.570. The zero-order valence-corrected chi connectivity index (χ0v) is 22.3. The Morgan fingerprint density at radius 2 is 1.34 bits per heavy atom. The average Bonchev–Trinajstić information content (AvgIpc) is 2.77. The second-order valence-electron chi connectivity index (χ2n) is 11.5. The SMILES string of the molecule is CCCCCCC(CCCCCC)C(=O)N1CCC2(CC1)CN(CCCC(C)CCC)C2. The van der Waals surface area contributed by atoms with Gasteiger partial charge in [-0.3, -0.25) is 4.79 Å². The molecule has 2 saturated heterocycles. The quantitative estimate of drug-likeness (QED) is 0.213. The predicted molar refractivity (Wildman–Crippen MR) is 139 cm³/mol. The van der Waals surface area contributed by atoms with Gasteiger partial charge in [0.1, 0.15) is 0 Å². The number of nitrogens with zero attached hydrogens (tertiary/aromatic N) is 2. The third-order valence-corrected chi connectivity index (χ3v) is 8.37. The van der Waals surface area contributed by atoms with Crippen LogP contribution in [0.5, 0.6) is 0 Å². The van der Waals surface area contributed by atoms with Crippen molar-refractivity contribution in [3.05, 3.63) is 0 Å². The summed E-state index contributed by atoms with van der Waals surface area (Å²) < 4.78 is 0. The molecule has 0 aliphatic carbocycles. The zero-order chi connectivity index (χ0) is 23.2. The summed E-state index contributed by atoms with van der Waals surface area (Å²) in [4.78, 5) is 18.3. The van der Waals surface area contributed by atoms with Gasteiger partial charge >= 0.3 is 0 Å². The van der Waals surface area contributed by atoms with Gasteiger partial charge in [-0.2, -0.15) is 0 Å². The van der Waals surface area contributed by atoms with E-state index in [1.807, 2.05) is 0 Å². The molecule has 0 aromatic heterocycles. The van der Waals surface area contributed by atoms with Gasteiger partial charge in [0.25, 0.3) is 0 Å². The van der Waals surface area contributed by atoms with E-state index in [0.29, 0.717) is 17.2 Å². The Morgan fingerprint density at radius 1 is 0.750 bits per heavy atom. The van der Waals surface area contributed by atoms with Gasteiger partial charge in [-0.25, -0.2) is 0 Å². The van der Waals surface area contributed by atoms with Crippen LogP contribution >= 0.6 is 0 Å². The Kier molecular flexibility index (Phi) is 13.3. The number of rotatable bonds is 17. The van der Waals surface area contributed by atoms with Gasteiger partial charge < -0.3 is 9.80 Å². The molecule has 1 atom stereocenters. The normalized spacial score (nSPS) is 19.5. The predicted octanol–water partition coefficient (Wildman–Crippen LogP) is 7.68. The summed E-state index contributed by atoms with van der Waals surface area (Å²) in [7, 11) is 0. The highest BCUT2D eigenvalue weighted by Crippen LogP contribution is 2.41. The van der Waals surface area contributed by atoms with E-state index in [1.54, 1.807) is 0 Å². The van der Waals surface area contributed by atoms with E-state index in [9.17, 15) is 4.79 Å². The molecule has 32 heavy (non-hydrogen) atoms. The summed E-state index contributed by atoms with van der Waals surface area (Å²) in [6.45, 7) is 15.1. The second-order valence-corrected chi connectivity index (χ2v) is 11.5. The molecule has 3 nitrogen and oxygen atoms in total. The Balaban J connectivity index is 1.70. The third kappa shape index (κ3) is 9.35. The van der Waals surface area contributed by atoms with E-state index < -0.39 is 0 Å². The molecule has 2 heterocycles. The first-order valence-electron chi connectivity index (χ1n) is 14.5. The van der Waals surface area contributed by atoms with Gasteiger partial charge in [0.2, 0.25) is 5.91 Å². The molecule has 1 spiro atoms. The first kappa shape index (κ1) is 27.7. The Bertz CT molecular complexity index is 477. The average molecular weight is 449 g/mol. The van der Waals surface area contributed by atoms with Crippen molar-refractivity contribution >= 4 is 5.91 Å². The maximum atomic E-state index is 13.4. The fourth-order valence-electron chi connectivity index (χ4n) is 6.16. The van der Waals surface area contributed by atoms with Crippen molar-refractivity contribution in [2.75, 3.05) is 32.7 Å². The monoisotopic (exact) mass is 448 g/mol. The van der Waals surface area contributed by atoms with E-state index in [2.05, 4.69) is 37.5 Å². The lowest BCUT2D eigenvalue weighted by Gasteiger charge is -2.54. The van der Waals surface area contributed by atoms with Crippen LogP contribution in [0.25, 0.3) is 0 Å². The van der Waals surface area contributed by atoms with Crippen molar-refractivity contribution in [3.8, 4) is 0 Å². The Morgan fingerprint density at radius 3 is 1.88 bits per heavy atom. The molecule has 1 amide bonds. The third-order valence-electron chi connectivity index (χ3n) is 8.37. The summed E-state index contributed by atoms with van der Waals surface area (Å²) in [5.74, 6) is 1.68. The largest absolute Gasteiger partial charge is 0.342 e. The molecule has 2 aliphatic rings. The molecule has 0 aromatic rings. The zero-order valence-electron chi connectivity index (χ0n) is 22.3. The first-order chi connectivity index (χ1) is 15.5. The maximum absolute atomic E-state index is 13.4. The van der Waals surface area contributed by atoms with Crippen LogP contribution in [0.15, 0.2) is 0 Å². The van der Waals surface area contributed by atoms with E-state index in [0.717, 1.165) is 31.8 Å². The van der Waals surface area contributed by atoms with Crippen molar-refractivity contribution < 1.29 is 4.79 Å². The lowest BCUT2D eigenvalue weighted by atomic mass is 9.71. The molecule has 188 valence electrons. The van der Waals surface area contributed by atoms with Gasteiger partial charge in [-0.05, 0) is 56.4 Å². The summed E-state index contributed by atoms with van der Waals surface area (Å²) in [6.07, 6.45) is 20.4.